The molecule has 1 aliphatic rings. The SMILES string of the molecule is COCCN(C[C@H]1Cc2c(cc(OCc3ccccc3)c(N(CC(=O)OC(C)(C)C)C(=O)C(F)(F)F)c2F)N1C(=O)OC(C)(C)C)C(=O)OC(C)(C)C. The van der Waals surface area contributed by atoms with Crippen molar-refractivity contribution in [1.82, 2.24) is 4.90 Å². The number of hydrogen-bond donors (Lipinski definition) is 0. The van der Waals surface area contributed by atoms with Gasteiger partial charge in [-0.2, -0.15) is 13.2 Å². The molecule has 0 saturated heterocycles. The highest BCUT2D eigenvalue weighted by molar-refractivity contribution is 6.03. The van der Waals surface area contributed by atoms with Crippen LogP contribution in [0.5, 0.6) is 5.75 Å². The number of benzene rings is 2. The number of carbonyl (C=O) groups is 4. The highest BCUT2D eigenvalue weighted by Crippen LogP contribution is 2.46. The Morgan fingerprint density at radius 1 is 0.868 bits per heavy atom. The van der Waals surface area contributed by atoms with Crippen molar-refractivity contribution >= 4 is 35.4 Å². The van der Waals surface area contributed by atoms with Crippen LogP contribution in [0.25, 0.3) is 0 Å². The minimum atomic E-state index is -5.55. The van der Waals surface area contributed by atoms with Gasteiger partial charge < -0.3 is 28.6 Å². The number of esters is 1. The van der Waals surface area contributed by atoms with Crippen molar-refractivity contribution in [3.05, 3.63) is 53.3 Å². The summed E-state index contributed by atoms with van der Waals surface area (Å²) in [6.07, 6.45) is -7.61. The zero-order chi connectivity index (χ0) is 40.1. The number of anilines is 2. The minimum absolute atomic E-state index is 0.00331. The lowest BCUT2D eigenvalue weighted by atomic mass is 10.1. The van der Waals surface area contributed by atoms with Gasteiger partial charge in [-0.25, -0.2) is 14.0 Å². The number of fused-ring (bicyclic) bond motifs is 1. The summed E-state index contributed by atoms with van der Waals surface area (Å²) in [4.78, 5) is 55.4. The van der Waals surface area contributed by atoms with E-state index < -0.39 is 76.9 Å². The second kappa shape index (κ2) is 16.6. The smallest absolute Gasteiger partial charge is 0.471 e. The van der Waals surface area contributed by atoms with Gasteiger partial charge >= 0.3 is 30.2 Å². The second-order valence-corrected chi connectivity index (χ2v) is 15.4. The summed E-state index contributed by atoms with van der Waals surface area (Å²) in [6.45, 7) is 12.4. The molecule has 0 radical (unpaired) electrons. The quantitative estimate of drug-likeness (QED) is 0.133. The van der Waals surface area contributed by atoms with E-state index in [0.717, 1.165) is 11.0 Å². The predicted molar refractivity (Wildman–Crippen MR) is 187 cm³/mol. The first-order valence-electron chi connectivity index (χ1n) is 16.9. The highest BCUT2D eigenvalue weighted by Gasteiger charge is 2.48. The lowest BCUT2D eigenvalue weighted by molar-refractivity contribution is -0.171. The summed E-state index contributed by atoms with van der Waals surface area (Å²) in [6, 6.07) is 8.46. The third-order valence-corrected chi connectivity index (χ3v) is 7.29. The molecule has 1 atom stereocenters. The van der Waals surface area contributed by atoms with Crippen LogP contribution in [-0.4, -0.2) is 91.3 Å². The maximum atomic E-state index is 17.1. The highest BCUT2D eigenvalue weighted by atomic mass is 19.4. The molecule has 3 amide bonds. The number of carbonyl (C=O) groups excluding carboxylic acids is 4. The van der Waals surface area contributed by atoms with Crippen LogP contribution in [-0.2, 0) is 41.6 Å². The van der Waals surface area contributed by atoms with Crippen LogP contribution in [0.3, 0.4) is 0 Å². The molecule has 1 heterocycles. The van der Waals surface area contributed by atoms with Crippen molar-refractivity contribution in [3.8, 4) is 5.75 Å². The van der Waals surface area contributed by atoms with Crippen molar-refractivity contribution in [1.29, 1.82) is 0 Å². The summed E-state index contributed by atoms with van der Waals surface area (Å²) in [5.41, 5.74) is -3.98. The van der Waals surface area contributed by atoms with Gasteiger partial charge in [-0.05, 0) is 67.9 Å². The topological polar surface area (TPSA) is 124 Å². The minimum Gasteiger partial charge on any atom is -0.487 e. The Morgan fingerprint density at radius 2 is 1.45 bits per heavy atom. The normalized spacial score (nSPS) is 14.7. The van der Waals surface area contributed by atoms with Gasteiger partial charge in [0.05, 0.1) is 18.3 Å². The van der Waals surface area contributed by atoms with E-state index >= 15 is 4.39 Å². The van der Waals surface area contributed by atoms with Gasteiger partial charge in [0.15, 0.2) is 5.82 Å². The van der Waals surface area contributed by atoms with Gasteiger partial charge in [-0.1, -0.05) is 30.3 Å². The number of rotatable bonds is 11. The first-order chi connectivity index (χ1) is 24.3. The molecule has 0 spiro atoms. The molecule has 12 nitrogen and oxygen atoms in total. The molecule has 0 bridgehead atoms. The van der Waals surface area contributed by atoms with Crippen LogP contribution in [0.15, 0.2) is 36.4 Å². The lowest BCUT2D eigenvalue weighted by Crippen LogP contribution is -2.50. The largest absolute Gasteiger partial charge is 0.487 e. The fraction of sp³-hybridized carbons (Fsp3) is 0.568. The van der Waals surface area contributed by atoms with Crippen molar-refractivity contribution in [2.75, 3.05) is 43.2 Å². The molecule has 0 saturated carbocycles. The molecular weight excluding hydrogens is 706 g/mol. The molecule has 0 aliphatic carbocycles. The number of amides is 3. The standard InChI is InChI=1S/C37H49F4N3O9/c1-34(2,3)51-28(45)21-43(31(46)37(39,40)41)30-27(50-22-23-14-12-11-13-15-23)19-26-25(29(30)38)18-24(44(26)33(48)53-36(7,8)9)20-42(16-17-49-10)32(47)52-35(4,5)6/h11-15,19,24H,16-18,20-22H2,1-10H3/t24-/m1/s1. The van der Waals surface area contributed by atoms with Crippen LogP contribution < -0.4 is 14.5 Å². The Labute approximate surface area is 307 Å². The molecule has 3 rings (SSSR count). The molecule has 1 aliphatic heterocycles. The molecule has 0 N–H and O–H groups in total. The van der Waals surface area contributed by atoms with Crippen molar-refractivity contribution < 1.29 is 60.4 Å². The van der Waals surface area contributed by atoms with E-state index in [0.29, 0.717) is 5.56 Å². The number of hydrogen-bond acceptors (Lipinski definition) is 9. The maximum Gasteiger partial charge on any atom is 0.471 e. The molecule has 2 aromatic rings. The summed E-state index contributed by atoms with van der Waals surface area (Å²) in [5, 5.41) is 0. The van der Waals surface area contributed by atoms with Gasteiger partial charge in [-0.3, -0.25) is 19.4 Å². The van der Waals surface area contributed by atoms with Gasteiger partial charge in [0.1, 0.15) is 41.4 Å². The molecule has 2 aromatic carbocycles. The fourth-order valence-corrected chi connectivity index (χ4v) is 5.33. The van der Waals surface area contributed by atoms with Crippen LogP contribution in [0.1, 0.15) is 73.4 Å². The number of halogens is 4. The van der Waals surface area contributed by atoms with E-state index in [9.17, 15) is 32.3 Å². The van der Waals surface area contributed by atoms with Crippen molar-refractivity contribution in [3.63, 3.8) is 0 Å². The Bertz CT molecular complexity index is 1630. The fourth-order valence-electron chi connectivity index (χ4n) is 5.33. The van der Waals surface area contributed by atoms with E-state index in [4.69, 9.17) is 23.7 Å². The zero-order valence-corrected chi connectivity index (χ0v) is 31.8. The lowest BCUT2D eigenvalue weighted by Gasteiger charge is -2.33. The third kappa shape index (κ3) is 12.2. The first kappa shape index (κ1) is 42.8. The van der Waals surface area contributed by atoms with Crippen molar-refractivity contribution in [2.24, 2.45) is 0 Å². The molecular formula is C37H49F4N3O9. The zero-order valence-electron chi connectivity index (χ0n) is 31.8. The number of nitrogens with zero attached hydrogens (tertiary/aromatic N) is 3. The van der Waals surface area contributed by atoms with Crippen LogP contribution in [0.2, 0.25) is 0 Å². The predicted octanol–water partition coefficient (Wildman–Crippen LogP) is 7.19. The number of ether oxygens (including phenoxy) is 5. The van der Waals surface area contributed by atoms with Gasteiger partial charge in [-0.15, -0.1) is 0 Å². The Hall–Kier alpha value is -4.60. The van der Waals surface area contributed by atoms with E-state index in [1.165, 1.54) is 32.8 Å². The van der Waals surface area contributed by atoms with Gasteiger partial charge in [0.25, 0.3) is 0 Å². The van der Waals surface area contributed by atoms with E-state index in [2.05, 4.69) is 0 Å². The van der Waals surface area contributed by atoms with Crippen LogP contribution in [0.4, 0.5) is 38.5 Å². The molecule has 0 aromatic heterocycles. The molecule has 16 heteroatoms. The molecule has 0 fully saturated rings. The van der Waals surface area contributed by atoms with Gasteiger partial charge in [0.2, 0.25) is 0 Å². The summed E-state index contributed by atoms with van der Waals surface area (Å²) in [5.74, 6) is -5.74. The molecule has 294 valence electrons. The van der Waals surface area contributed by atoms with Crippen LogP contribution in [0, 0.1) is 5.82 Å². The summed E-state index contributed by atoms with van der Waals surface area (Å²) >= 11 is 0. The Balaban J connectivity index is 2.28. The molecule has 53 heavy (non-hydrogen) atoms. The Morgan fingerprint density at radius 3 is 1.98 bits per heavy atom. The van der Waals surface area contributed by atoms with Crippen molar-refractivity contribution in [2.45, 2.75) is 104 Å². The number of methoxy groups -OCH3 is 1. The third-order valence-electron chi connectivity index (χ3n) is 7.29. The van der Waals surface area contributed by atoms with E-state index in [-0.39, 0.29) is 48.9 Å². The first-order valence-corrected chi connectivity index (χ1v) is 16.9. The van der Waals surface area contributed by atoms with Gasteiger partial charge in [0, 0.05) is 38.2 Å². The maximum absolute atomic E-state index is 17.1. The average molecular weight is 756 g/mol. The van der Waals surface area contributed by atoms with E-state index in [1.807, 2.05) is 0 Å². The Kier molecular flexibility index (Phi) is 13.4. The second-order valence-electron chi connectivity index (χ2n) is 15.4. The monoisotopic (exact) mass is 755 g/mol. The van der Waals surface area contributed by atoms with Crippen LogP contribution >= 0.6 is 0 Å². The summed E-state index contributed by atoms with van der Waals surface area (Å²) < 4.78 is 87.1. The molecule has 0 unspecified atom stereocenters. The van der Waals surface area contributed by atoms with E-state index in [1.54, 1.807) is 71.9 Å². The average Bonchev–Trinajstić information content (AvgIpc) is 3.36. The number of alkyl halides is 3. The summed E-state index contributed by atoms with van der Waals surface area (Å²) in [7, 11) is 1.42.